The topological polar surface area (TPSA) is 46.2 Å². The molecule has 1 aromatic carbocycles. The third-order valence-electron chi connectivity index (χ3n) is 2.96. The van der Waals surface area contributed by atoms with Crippen molar-refractivity contribution in [3.05, 3.63) is 24.3 Å². The van der Waals surface area contributed by atoms with Crippen molar-refractivity contribution in [1.82, 2.24) is 0 Å². The second-order valence-corrected chi connectivity index (χ2v) is 6.73. The SMILES string of the molecule is CC(CCl)C(C)Nc1ccccc1S(=O)(=O)C(F)(F)F. The van der Waals surface area contributed by atoms with Gasteiger partial charge in [0.15, 0.2) is 0 Å². The van der Waals surface area contributed by atoms with Gasteiger partial charge in [0.25, 0.3) is 9.84 Å². The maximum absolute atomic E-state index is 12.6. The Kier molecular flexibility index (Phi) is 5.32. The van der Waals surface area contributed by atoms with Crippen molar-refractivity contribution in [3.8, 4) is 0 Å². The van der Waals surface area contributed by atoms with E-state index in [1.807, 2.05) is 6.92 Å². The van der Waals surface area contributed by atoms with E-state index in [9.17, 15) is 21.6 Å². The third-order valence-corrected chi connectivity index (χ3v) is 4.99. The Bertz CT molecular complexity index is 560. The van der Waals surface area contributed by atoms with E-state index in [2.05, 4.69) is 5.32 Å². The van der Waals surface area contributed by atoms with Crippen LogP contribution >= 0.6 is 11.6 Å². The van der Waals surface area contributed by atoms with Gasteiger partial charge in [0, 0.05) is 11.9 Å². The Hall–Kier alpha value is -0.950. The summed E-state index contributed by atoms with van der Waals surface area (Å²) in [4.78, 5) is -0.777. The summed E-state index contributed by atoms with van der Waals surface area (Å²) in [6.07, 6.45) is 0. The van der Waals surface area contributed by atoms with Gasteiger partial charge in [-0.05, 0) is 25.0 Å². The summed E-state index contributed by atoms with van der Waals surface area (Å²) < 4.78 is 60.9. The number of halogens is 4. The van der Waals surface area contributed by atoms with Crippen molar-refractivity contribution >= 4 is 27.1 Å². The number of sulfone groups is 1. The summed E-state index contributed by atoms with van der Waals surface area (Å²) >= 11 is 5.68. The van der Waals surface area contributed by atoms with Gasteiger partial charge >= 0.3 is 5.51 Å². The number of nitrogens with one attached hydrogen (secondary N) is 1. The van der Waals surface area contributed by atoms with Crippen LogP contribution in [0.4, 0.5) is 18.9 Å². The highest BCUT2D eigenvalue weighted by atomic mass is 35.5. The van der Waals surface area contributed by atoms with Crippen molar-refractivity contribution in [2.75, 3.05) is 11.2 Å². The van der Waals surface area contributed by atoms with Crippen molar-refractivity contribution in [3.63, 3.8) is 0 Å². The molecular weight excluding hydrogens is 315 g/mol. The van der Waals surface area contributed by atoms with Crippen LogP contribution in [-0.4, -0.2) is 25.8 Å². The standard InChI is InChI=1S/C12H15ClF3NO2S/c1-8(7-13)9(2)17-10-5-3-4-6-11(10)20(18,19)12(14,15)16/h3-6,8-9,17H,7H2,1-2H3. The molecule has 2 unspecified atom stereocenters. The first-order valence-corrected chi connectivity index (χ1v) is 7.86. The lowest BCUT2D eigenvalue weighted by atomic mass is 10.1. The van der Waals surface area contributed by atoms with Gasteiger partial charge in [0.1, 0.15) is 0 Å². The lowest BCUT2D eigenvalue weighted by molar-refractivity contribution is -0.0435. The van der Waals surface area contributed by atoms with Crippen LogP contribution in [0.25, 0.3) is 0 Å². The van der Waals surface area contributed by atoms with E-state index in [4.69, 9.17) is 11.6 Å². The minimum atomic E-state index is -5.38. The van der Waals surface area contributed by atoms with Crippen LogP contribution in [0.3, 0.4) is 0 Å². The smallest absolute Gasteiger partial charge is 0.381 e. The number of hydrogen-bond donors (Lipinski definition) is 1. The summed E-state index contributed by atoms with van der Waals surface area (Å²) in [7, 11) is -5.38. The molecule has 8 heteroatoms. The van der Waals surface area contributed by atoms with Gasteiger partial charge in [-0.2, -0.15) is 13.2 Å². The Balaban J connectivity index is 3.19. The van der Waals surface area contributed by atoms with Gasteiger partial charge < -0.3 is 5.32 Å². The summed E-state index contributed by atoms with van der Waals surface area (Å²) in [5, 5.41) is 2.78. The van der Waals surface area contributed by atoms with E-state index in [-0.39, 0.29) is 17.6 Å². The van der Waals surface area contributed by atoms with Crippen LogP contribution in [0.5, 0.6) is 0 Å². The van der Waals surface area contributed by atoms with Gasteiger partial charge in [-0.3, -0.25) is 0 Å². The fourth-order valence-corrected chi connectivity index (χ4v) is 2.66. The summed E-state index contributed by atoms with van der Waals surface area (Å²) in [5.74, 6) is 0.279. The molecule has 0 fully saturated rings. The molecule has 20 heavy (non-hydrogen) atoms. The first-order valence-electron chi connectivity index (χ1n) is 5.84. The van der Waals surface area contributed by atoms with Crippen molar-refractivity contribution < 1.29 is 21.6 Å². The van der Waals surface area contributed by atoms with E-state index < -0.39 is 20.2 Å². The molecule has 3 nitrogen and oxygen atoms in total. The molecule has 0 heterocycles. The molecule has 0 aliphatic rings. The van der Waals surface area contributed by atoms with Crippen LogP contribution in [0.2, 0.25) is 0 Å². The second kappa shape index (κ2) is 6.22. The van der Waals surface area contributed by atoms with E-state index in [1.54, 1.807) is 6.92 Å². The molecular formula is C12H15ClF3NO2S. The minimum Gasteiger partial charge on any atom is -0.381 e. The Morgan fingerprint density at radius 1 is 1.25 bits per heavy atom. The van der Waals surface area contributed by atoms with Crippen LogP contribution < -0.4 is 5.32 Å². The highest BCUT2D eigenvalue weighted by molar-refractivity contribution is 7.92. The van der Waals surface area contributed by atoms with Gasteiger partial charge in [-0.15, -0.1) is 11.6 Å². The molecule has 0 radical (unpaired) electrons. The molecule has 2 atom stereocenters. The number of alkyl halides is 4. The number of benzene rings is 1. The molecule has 0 amide bonds. The molecule has 0 saturated carbocycles. The quantitative estimate of drug-likeness (QED) is 0.839. The third kappa shape index (κ3) is 3.58. The first-order chi connectivity index (χ1) is 9.11. The number of hydrogen-bond acceptors (Lipinski definition) is 3. The van der Waals surface area contributed by atoms with Crippen LogP contribution in [-0.2, 0) is 9.84 Å². The van der Waals surface area contributed by atoms with Crippen molar-refractivity contribution in [2.45, 2.75) is 30.3 Å². The number of para-hydroxylation sites is 1. The summed E-state index contributed by atoms with van der Waals surface area (Å²) in [6, 6.07) is 4.69. The largest absolute Gasteiger partial charge is 0.501 e. The zero-order valence-electron chi connectivity index (χ0n) is 10.9. The maximum atomic E-state index is 12.6. The van der Waals surface area contributed by atoms with Gasteiger partial charge in [-0.25, -0.2) is 8.42 Å². The van der Waals surface area contributed by atoms with Gasteiger partial charge in [-0.1, -0.05) is 19.1 Å². The lowest BCUT2D eigenvalue weighted by Gasteiger charge is -2.22. The highest BCUT2D eigenvalue weighted by Gasteiger charge is 2.48. The molecule has 0 spiro atoms. The predicted octanol–water partition coefficient (Wildman–Crippen LogP) is 3.66. The monoisotopic (exact) mass is 329 g/mol. The number of rotatable bonds is 5. The molecule has 0 aliphatic heterocycles. The van der Waals surface area contributed by atoms with Gasteiger partial charge in [0.2, 0.25) is 0 Å². The average molecular weight is 330 g/mol. The number of anilines is 1. The van der Waals surface area contributed by atoms with E-state index in [0.29, 0.717) is 5.88 Å². The van der Waals surface area contributed by atoms with E-state index in [0.717, 1.165) is 6.07 Å². The van der Waals surface area contributed by atoms with E-state index >= 15 is 0 Å². The van der Waals surface area contributed by atoms with E-state index in [1.165, 1.54) is 18.2 Å². The fraction of sp³-hybridized carbons (Fsp3) is 0.500. The molecule has 0 saturated heterocycles. The second-order valence-electron chi connectivity index (χ2n) is 4.51. The zero-order valence-corrected chi connectivity index (χ0v) is 12.5. The molecule has 1 rings (SSSR count). The zero-order chi connectivity index (χ0) is 15.6. The molecule has 0 aliphatic carbocycles. The molecule has 1 aromatic rings. The summed E-state index contributed by atoms with van der Waals surface area (Å²) in [5.41, 5.74) is -5.40. The molecule has 0 bridgehead atoms. The Morgan fingerprint density at radius 2 is 1.80 bits per heavy atom. The van der Waals surface area contributed by atoms with Crippen LogP contribution in [0, 0.1) is 5.92 Å². The van der Waals surface area contributed by atoms with Crippen molar-refractivity contribution in [1.29, 1.82) is 0 Å². The minimum absolute atomic E-state index is 0.0293. The molecule has 0 aromatic heterocycles. The summed E-state index contributed by atoms with van der Waals surface area (Å²) in [6.45, 7) is 3.54. The van der Waals surface area contributed by atoms with Crippen molar-refractivity contribution in [2.24, 2.45) is 5.92 Å². The maximum Gasteiger partial charge on any atom is 0.501 e. The lowest BCUT2D eigenvalue weighted by Crippen LogP contribution is -2.28. The predicted molar refractivity (Wildman–Crippen MR) is 72.7 cm³/mol. The molecule has 114 valence electrons. The van der Waals surface area contributed by atoms with Crippen LogP contribution in [0.1, 0.15) is 13.8 Å². The fourth-order valence-electron chi connectivity index (χ4n) is 1.47. The first kappa shape index (κ1) is 17.1. The van der Waals surface area contributed by atoms with Crippen LogP contribution in [0.15, 0.2) is 29.2 Å². The molecule has 1 N–H and O–H groups in total. The average Bonchev–Trinajstić information content (AvgIpc) is 2.36. The Labute approximate surface area is 121 Å². The highest BCUT2D eigenvalue weighted by Crippen LogP contribution is 2.34. The Morgan fingerprint density at radius 3 is 2.30 bits per heavy atom. The van der Waals surface area contributed by atoms with Gasteiger partial charge in [0.05, 0.1) is 10.6 Å². The normalized spacial score (nSPS) is 15.7.